The van der Waals surface area contributed by atoms with Gasteiger partial charge in [0.15, 0.2) is 11.5 Å². The highest BCUT2D eigenvalue weighted by Crippen LogP contribution is 2.30. The Balaban J connectivity index is 1.56. The van der Waals surface area contributed by atoms with E-state index < -0.39 is 0 Å². The van der Waals surface area contributed by atoms with Gasteiger partial charge >= 0.3 is 0 Å². The Bertz CT molecular complexity index is 1230. The van der Waals surface area contributed by atoms with E-state index in [-0.39, 0.29) is 11.9 Å². The van der Waals surface area contributed by atoms with Crippen molar-refractivity contribution in [1.29, 1.82) is 0 Å². The average molecular weight is 469 g/mol. The molecule has 0 saturated heterocycles. The number of pyridine rings is 1. The third-order valence-corrected chi connectivity index (χ3v) is 5.51. The second-order valence-corrected chi connectivity index (χ2v) is 7.83. The van der Waals surface area contributed by atoms with E-state index in [4.69, 9.17) is 14.2 Å². The monoisotopic (exact) mass is 468 g/mol. The van der Waals surface area contributed by atoms with E-state index in [2.05, 4.69) is 10.3 Å². The van der Waals surface area contributed by atoms with E-state index >= 15 is 0 Å². The molecule has 1 heterocycles. The average Bonchev–Trinajstić information content (AvgIpc) is 2.92. The van der Waals surface area contributed by atoms with Gasteiger partial charge in [-0.1, -0.05) is 42.5 Å². The Morgan fingerprint density at radius 3 is 2.26 bits per heavy atom. The largest absolute Gasteiger partial charge is 0.497 e. The first-order valence-electron chi connectivity index (χ1n) is 11.5. The summed E-state index contributed by atoms with van der Waals surface area (Å²) in [5.41, 5.74) is 3.41. The van der Waals surface area contributed by atoms with Crippen LogP contribution >= 0.6 is 0 Å². The second-order valence-electron chi connectivity index (χ2n) is 7.83. The molecular weight excluding hydrogens is 440 g/mol. The number of nitrogens with one attached hydrogen (secondary N) is 1. The van der Waals surface area contributed by atoms with Crippen molar-refractivity contribution < 1.29 is 19.0 Å². The van der Waals surface area contributed by atoms with E-state index in [0.717, 1.165) is 22.4 Å². The van der Waals surface area contributed by atoms with Crippen molar-refractivity contribution in [2.75, 3.05) is 13.7 Å². The summed E-state index contributed by atoms with van der Waals surface area (Å²) in [5, 5.41) is 3.17. The van der Waals surface area contributed by atoms with Gasteiger partial charge in [0, 0.05) is 18.0 Å². The molecular formula is C29H28N2O4. The molecule has 0 unspecified atom stereocenters. The standard InChI is InChI=1S/C29H28N2O4/c1-3-34-27-19-24(11-14-26(27)35-20-21-15-17-30-18-16-21)29(32)31-28(22-7-5-4-6-8-22)23-9-12-25(33-2)13-10-23/h4-19,28H,3,20H2,1-2H3,(H,31,32)/t28-/m1/s1. The van der Waals surface area contributed by atoms with Crippen LogP contribution in [0.25, 0.3) is 0 Å². The number of carbonyl (C=O) groups is 1. The van der Waals surface area contributed by atoms with Crippen LogP contribution < -0.4 is 19.5 Å². The molecule has 4 aromatic rings. The van der Waals surface area contributed by atoms with E-state index in [0.29, 0.717) is 30.3 Å². The van der Waals surface area contributed by atoms with E-state index in [1.54, 1.807) is 37.7 Å². The van der Waals surface area contributed by atoms with Crippen LogP contribution in [0.2, 0.25) is 0 Å². The van der Waals surface area contributed by atoms with Crippen LogP contribution in [0, 0.1) is 0 Å². The van der Waals surface area contributed by atoms with Crippen LogP contribution in [0.5, 0.6) is 17.2 Å². The summed E-state index contributed by atoms with van der Waals surface area (Å²) in [6.07, 6.45) is 3.45. The molecule has 0 bridgehead atoms. The molecule has 0 spiro atoms. The molecule has 6 heteroatoms. The van der Waals surface area contributed by atoms with Crippen LogP contribution in [-0.4, -0.2) is 24.6 Å². The molecule has 1 atom stereocenters. The number of amides is 1. The van der Waals surface area contributed by atoms with Gasteiger partial charge in [0.1, 0.15) is 12.4 Å². The van der Waals surface area contributed by atoms with E-state index in [9.17, 15) is 4.79 Å². The number of methoxy groups -OCH3 is 1. The molecule has 0 aliphatic carbocycles. The van der Waals surface area contributed by atoms with Crippen molar-refractivity contribution in [3.63, 3.8) is 0 Å². The van der Waals surface area contributed by atoms with Crippen LogP contribution in [-0.2, 0) is 6.61 Å². The summed E-state index contributed by atoms with van der Waals surface area (Å²) in [7, 11) is 1.63. The first-order valence-corrected chi connectivity index (χ1v) is 11.5. The third-order valence-electron chi connectivity index (χ3n) is 5.51. The van der Waals surface area contributed by atoms with Gasteiger partial charge in [0.05, 0.1) is 19.8 Å². The lowest BCUT2D eigenvalue weighted by Gasteiger charge is -2.21. The van der Waals surface area contributed by atoms with Gasteiger partial charge in [0.25, 0.3) is 5.91 Å². The van der Waals surface area contributed by atoms with Gasteiger partial charge in [-0.05, 0) is 66.1 Å². The fraction of sp³-hybridized carbons (Fsp3) is 0.172. The van der Waals surface area contributed by atoms with Gasteiger partial charge in [-0.15, -0.1) is 0 Å². The van der Waals surface area contributed by atoms with Crippen molar-refractivity contribution in [3.05, 3.63) is 120 Å². The Kier molecular flexibility index (Phi) is 7.96. The highest BCUT2D eigenvalue weighted by atomic mass is 16.5. The number of rotatable bonds is 10. The van der Waals surface area contributed by atoms with Crippen LogP contribution in [0.3, 0.4) is 0 Å². The molecule has 1 N–H and O–H groups in total. The minimum Gasteiger partial charge on any atom is -0.497 e. The van der Waals surface area contributed by atoms with Crippen LogP contribution in [0.15, 0.2) is 97.3 Å². The molecule has 3 aromatic carbocycles. The Hall–Kier alpha value is -4.32. The lowest BCUT2D eigenvalue weighted by atomic mass is 9.98. The molecule has 0 saturated carbocycles. The quantitative estimate of drug-likeness (QED) is 0.329. The number of nitrogens with zero attached hydrogens (tertiary/aromatic N) is 1. The number of carbonyl (C=O) groups excluding carboxylic acids is 1. The van der Waals surface area contributed by atoms with Crippen molar-refractivity contribution in [1.82, 2.24) is 10.3 Å². The van der Waals surface area contributed by atoms with Crippen molar-refractivity contribution in [2.45, 2.75) is 19.6 Å². The first kappa shape index (κ1) is 23.8. The highest BCUT2D eigenvalue weighted by Gasteiger charge is 2.19. The summed E-state index contributed by atoms with van der Waals surface area (Å²) in [5.74, 6) is 1.65. The molecule has 178 valence electrons. The minimum atomic E-state index is -0.326. The Morgan fingerprint density at radius 1 is 0.857 bits per heavy atom. The molecule has 0 aliphatic rings. The molecule has 0 fully saturated rings. The van der Waals surface area contributed by atoms with E-state index in [1.165, 1.54) is 0 Å². The van der Waals surface area contributed by atoms with E-state index in [1.807, 2.05) is 73.7 Å². The molecule has 0 aliphatic heterocycles. The predicted molar refractivity (Wildman–Crippen MR) is 135 cm³/mol. The maximum absolute atomic E-state index is 13.3. The highest BCUT2D eigenvalue weighted by molar-refractivity contribution is 5.95. The maximum Gasteiger partial charge on any atom is 0.252 e. The lowest BCUT2D eigenvalue weighted by Crippen LogP contribution is -2.29. The van der Waals surface area contributed by atoms with Gasteiger partial charge in [0.2, 0.25) is 0 Å². The normalized spacial score (nSPS) is 11.4. The lowest BCUT2D eigenvalue weighted by molar-refractivity contribution is 0.0942. The predicted octanol–water partition coefficient (Wildman–Crippen LogP) is 5.59. The van der Waals surface area contributed by atoms with Gasteiger partial charge < -0.3 is 19.5 Å². The fourth-order valence-electron chi connectivity index (χ4n) is 3.69. The number of hydrogen-bond acceptors (Lipinski definition) is 5. The maximum atomic E-state index is 13.3. The zero-order valence-electron chi connectivity index (χ0n) is 19.8. The number of hydrogen-bond donors (Lipinski definition) is 1. The van der Waals surface area contributed by atoms with Gasteiger partial charge in [-0.3, -0.25) is 9.78 Å². The topological polar surface area (TPSA) is 69.7 Å². The summed E-state index contributed by atoms with van der Waals surface area (Å²) < 4.78 is 17.0. The van der Waals surface area contributed by atoms with Crippen molar-refractivity contribution >= 4 is 5.91 Å². The van der Waals surface area contributed by atoms with Crippen LogP contribution in [0.4, 0.5) is 0 Å². The summed E-state index contributed by atoms with van der Waals surface area (Å²) in [6.45, 7) is 2.73. The zero-order chi connectivity index (χ0) is 24.5. The van der Waals surface area contributed by atoms with Gasteiger partial charge in [-0.25, -0.2) is 0 Å². The smallest absolute Gasteiger partial charge is 0.252 e. The van der Waals surface area contributed by atoms with Crippen molar-refractivity contribution in [2.24, 2.45) is 0 Å². The Labute approximate surface area is 205 Å². The fourth-order valence-corrected chi connectivity index (χ4v) is 3.69. The SMILES string of the molecule is CCOc1cc(C(=O)N[C@H](c2ccccc2)c2ccc(OC)cc2)ccc1OCc1ccncc1. The third kappa shape index (κ3) is 6.18. The molecule has 1 aromatic heterocycles. The second kappa shape index (κ2) is 11.7. The molecule has 6 nitrogen and oxygen atoms in total. The van der Waals surface area contributed by atoms with Crippen molar-refractivity contribution in [3.8, 4) is 17.2 Å². The first-order chi connectivity index (χ1) is 17.2. The number of aromatic nitrogens is 1. The summed E-state index contributed by atoms with van der Waals surface area (Å²) >= 11 is 0. The van der Waals surface area contributed by atoms with Gasteiger partial charge in [-0.2, -0.15) is 0 Å². The van der Waals surface area contributed by atoms with Crippen LogP contribution in [0.1, 0.15) is 40.0 Å². The summed E-state index contributed by atoms with van der Waals surface area (Å²) in [4.78, 5) is 17.4. The molecule has 35 heavy (non-hydrogen) atoms. The number of ether oxygens (including phenoxy) is 3. The summed E-state index contributed by atoms with van der Waals surface area (Å²) in [6, 6.07) is 26.3. The Morgan fingerprint density at radius 2 is 1.57 bits per heavy atom. The minimum absolute atomic E-state index is 0.212. The number of benzene rings is 3. The zero-order valence-corrected chi connectivity index (χ0v) is 19.8. The molecule has 1 amide bonds. The molecule has 4 rings (SSSR count). The molecule has 0 radical (unpaired) electrons.